The number of hydrogen-bond donors (Lipinski definition) is 2. The Morgan fingerprint density at radius 2 is 1.95 bits per heavy atom. The Balaban J connectivity index is 2.14. The molecule has 0 radical (unpaired) electrons. The number of carbonyl (C=O) groups is 3. The molecule has 0 unspecified atom stereocenters. The number of nitrogens with zero attached hydrogens (tertiary/aromatic N) is 1. The molecule has 22 heavy (non-hydrogen) atoms. The maximum Gasteiger partial charge on any atom is 0.323 e. The first-order valence-electron chi connectivity index (χ1n) is 6.95. The van der Waals surface area contributed by atoms with Crippen LogP contribution >= 0.6 is 0 Å². The number of amides is 3. The summed E-state index contributed by atoms with van der Waals surface area (Å²) >= 11 is 0. The van der Waals surface area contributed by atoms with Gasteiger partial charge in [0, 0.05) is 13.6 Å². The molecule has 1 aromatic carbocycles. The second kappa shape index (κ2) is 7.04. The topological polar surface area (TPSA) is 87.7 Å². The second-order valence-corrected chi connectivity index (χ2v) is 5.04. The molecule has 1 heterocycles. The summed E-state index contributed by atoms with van der Waals surface area (Å²) < 4.78 is 4.83. The zero-order valence-electron chi connectivity index (χ0n) is 12.6. The third-order valence-corrected chi connectivity index (χ3v) is 3.65. The van der Waals surface area contributed by atoms with E-state index in [9.17, 15) is 14.4 Å². The van der Waals surface area contributed by atoms with Gasteiger partial charge in [-0.3, -0.25) is 19.8 Å². The number of benzene rings is 1. The molecule has 7 heteroatoms. The van der Waals surface area contributed by atoms with E-state index in [2.05, 4.69) is 10.6 Å². The fourth-order valence-electron chi connectivity index (χ4n) is 2.52. The summed E-state index contributed by atoms with van der Waals surface area (Å²) in [6.45, 7) is 0.401. The van der Waals surface area contributed by atoms with Gasteiger partial charge in [-0.25, -0.2) is 4.79 Å². The van der Waals surface area contributed by atoms with Gasteiger partial charge in [-0.15, -0.1) is 0 Å². The Morgan fingerprint density at radius 1 is 1.27 bits per heavy atom. The van der Waals surface area contributed by atoms with Gasteiger partial charge in [-0.1, -0.05) is 24.3 Å². The minimum atomic E-state index is -0.572. The lowest BCUT2D eigenvalue weighted by Gasteiger charge is -2.34. The molecule has 0 saturated carbocycles. The van der Waals surface area contributed by atoms with Crippen LogP contribution in [0.2, 0.25) is 0 Å². The van der Waals surface area contributed by atoms with Crippen molar-refractivity contribution in [3.05, 3.63) is 35.4 Å². The molecule has 1 aromatic rings. The average Bonchev–Trinajstić information content (AvgIpc) is 2.53. The van der Waals surface area contributed by atoms with Gasteiger partial charge in [0.2, 0.25) is 5.91 Å². The van der Waals surface area contributed by atoms with Crippen molar-refractivity contribution in [2.24, 2.45) is 0 Å². The number of imide groups is 1. The fraction of sp³-hybridized carbons (Fsp3) is 0.400. The van der Waals surface area contributed by atoms with Crippen molar-refractivity contribution >= 4 is 17.9 Å². The van der Waals surface area contributed by atoms with Crippen LogP contribution in [0.15, 0.2) is 24.3 Å². The average molecular weight is 305 g/mol. The van der Waals surface area contributed by atoms with Crippen LogP contribution in [0, 0.1) is 0 Å². The Hall–Kier alpha value is -2.41. The smallest absolute Gasteiger partial charge is 0.323 e. The van der Waals surface area contributed by atoms with Crippen LogP contribution in [0.25, 0.3) is 0 Å². The predicted molar refractivity (Wildman–Crippen MR) is 79.0 cm³/mol. The molecular weight excluding hydrogens is 286 g/mol. The van der Waals surface area contributed by atoms with E-state index in [1.807, 2.05) is 24.3 Å². The van der Waals surface area contributed by atoms with Crippen LogP contribution in [0.4, 0.5) is 4.79 Å². The van der Waals surface area contributed by atoms with Crippen molar-refractivity contribution in [2.75, 3.05) is 20.7 Å². The summed E-state index contributed by atoms with van der Waals surface area (Å²) in [7, 11) is 2.75. The van der Waals surface area contributed by atoms with Crippen LogP contribution in [0.1, 0.15) is 11.1 Å². The number of carbonyl (C=O) groups excluding carboxylic acids is 3. The lowest BCUT2D eigenvalue weighted by atomic mass is 9.94. The third kappa shape index (κ3) is 3.62. The third-order valence-electron chi connectivity index (χ3n) is 3.65. The van der Waals surface area contributed by atoms with Gasteiger partial charge < -0.3 is 10.1 Å². The fourth-order valence-corrected chi connectivity index (χ4v) is 2.52. The molecule has 1 aliphatic heterocycles. The number of urea groups is 1. The summed E-state index contributed by atoms with van der Waals surface area (Å²) in [5, 5.41) is 4.51. The summed E-state index contributed by atoms with van der Waals surface area (Å²) in [4.78, 5) is 36.8. The van der Waals surface area contributed by atoms with Gasteiger partial charge in [0.15, 0.2) is 0 Å². The Morgan fingerprint density at radius 3 is 2.59 bits per heavy atom. The Labute approximate surface area is 128 Å². The monoisotopic (exact) mass is 305 g/mol. The molecule has 0 aromatic heterocycles. The van der Waals surface area contributed by atoms with E-state index < -0.39 is 18.0 Å². The number of esters is 1. The van der Waals surface area contributed by atoms with Crippen molar-refractivity contribution < 1.29 is 19.1 Å². The first kappa shape index (κ1) is 16.0. The molecular formula is C15H19N3O4. The summed E-state index contributed by atoms with van der Waals surface area (Å²) in [6.07, 6.45) is 0.482. The van der Waals surface area contributed by atoms with E-state index in [-0.39, 0.29) is 12.5 Å². The molecule has 0 fully saturated rings. The minimum Gasteiger partial charge on any atom is -0.468 e. The molecule has 0 saturated heterocycles. The van der Waals surface area contributed by atoms with Gasteiger partial charge >= 0.3 is 12.0 Å². The molecule has 0 spiro atoms. The zero-order chi connectivity index (χ0) is 16.1. The van der Waals surface area contributed by atoms with Gasteiger partial charge in [-0.05, 0) is 17.5 Å². The number of methoxy groups -OCH3 is 1. The van der Waals surface area contributed by atoms with E-state index in [1.165, 1.54) is 14.2 Å². The van der Waals surface area contributed by atoms with Crippen molar-refractivity contribution in [1.29, 1.82) is 0 Å². The van der Waals surface area contributed by atoms with Crippen LogP contribution < -0.4 is 10.6 Å². The van der Waals surface area contributed by atoms with E-state index in [4.69, 9.17) is 4.74 Å². The number of fused-ring (bicyclic) bond motifs is 1. The highest BCUT2D eigenvalue weighted by Gasteiger charge is 2.33. The number of ether oxygens (including phenoxy) is 1. The van der Waals surface area contributed by atoms with Gasteiger partial charge in [-0.2, -0.15) is 0 Å². The number of hydrogen-bond acceptors (Lipinski definition) is 5. The lowest BCUT2D eigenvalue weighted by molar-refractivity contribution is -0.148. The molecule has 2 rings (SSSR count). The first-order chi connectivity index (χ1) is 10.5. The molecule has 7 nitrogen and oxygen atoms in total. The lowest BCUT2D eigenvalue weighted by Crippen LogP contribution is -2.51. The Kier molecular flexibility index (Phi) is 5.11. The van der Waals surface area contributed by atoms with Crippen LogP contribution in [0.5, 0.6) is 0 Å². The maximum atomic E-state index is 12.0. The zero-order valence-corrected chi connectivity index (χ0v) is 12.6. The molecule has 0 bridgehead atoms. The standard InChI is InChI=1S/C15H19N3O4/c1-16-15(21)17-13(19)9-18-8-11-6-4-3-5-10(11)7-12(18)14(20)22-2/h3-6,12H,7-9H2,1-2H3,(H2,16,17,19,21)/t12-/m0/s1. The highest BCUT2D eigenvalue weighted by molar-refractivity contribution is 5.95. The van der Waals surface area contributed by atoms with Crippen molar-refractivity contribution in [2.45, 2.75) is 19.0 Å². The molecule has 3 amide bonds. The highest BCUT2D eigenvalue weighted by Crippen LogP contribution is 2.23. The van der Waals surface area contributed by atoms with Crippen molar-refractivity contribution in [3.63, 3.8) is 0 Å². The van der Waals surface area contributed by atoms with Gasteiger partial charge in [0.05, 0.1) is 13.7 Å². The number of nitrogens with one attached hydrogen (secondary N) is 2. The van der Waals surface area contributed by atoms with E-state index in [0.717, 1.165) is 11.1 Å². The van der Waals surface area contributed by atoms with Crippen molar-refractivity contribution in [3.8, 4) is 0 Å². The SMILES string of the molecule is CNC(=O)NC(=O)CN1Cc2ccccc2C[C@H]1C(=O)OC. The van der Waals surface area contributed by atoms with E-state index in [0.29, 0.717) is 13.0 Å². The highest BCUT2D eigenvalue weighted by atomic mass is 16.5. The normalized spacial score (nSPS) is 17.3. The molecule has 118 valence electrons. The second-order valence-electron chi connectivity index (χ2n) is 5.04. The molecule has 1 aliphatic rings. The predicted octanol–water partition coefficient (Wildman–Crippen LogP) is 0.0419. The molecule has 2 N–H and O–H groups in total. The first-order valence-corrected chi connectivity index (χ1v) is 6.95. The summed E-state index contributed by atoms with van der Waals surface area (Å²) in [5.74, 6) is -0.852. The van der Waals surface area contributed by atoms with Gasteiger partial charge in [0.25, 0.3) is 0 Å². The number of rotatable bonds is 3. The molecule has 1 atom stereocenters. The quantitative estimate of drug-likeness (QED) is 0.770. The summed E-state index contributed by atoms with van der Waals surface area (Å²) in [5.41, 5.74) is 2.14. The van der Waals surface area contributed by atoms with Crippen LogP contribution in [-0.4, -0.2) is 49.6 Å². The van der Waals surface area contributed by atoms with E-state index in [1.54, 1.807) is 4.90 Å². The van der Waals surface area contributed by atoms with Crippen LogP contribution in [-0.2, 0) is 27.3 Å². The summed E-state index contributed by atoms with van der Waals surface area (Å²) in [6, 6.07) is 6.66. The largest absolute Gasteiger partial charge is 0.468 e. The van der Waals surface area contributed by atoms with Crippen LogP contribution in [0.3, 0.4) is 0 Å². The minimum absolute atomic E-state index is 0.0540. The van der Waals surface area contributed by atoms with Gasteiger partial charge in [0.1, 0.15) is 6.04 Å². The Bertz CT molecular complexity index is 588. The van der Waals surface area contributed by atoms with E-state index >= 15 is 0 Å². The van der Waals surface area contributed by atoms with Crippen molar-refractivity contribution in [1.82, 2.24) is 15.5 Å². The maximum absolute atomic E-state index is 12.0. The molecule has 0 aliphatic carbocycles.